The van der Waals surface area contributed by atoms with E-state index in [1.165, 1.54) is 6.20 Å². The van der Waals surface area contributed by atoms with Gasteiger partial charge in [0, 0.05) is 23.6 Å². The van der Waals surface area contributed by atoms with Gasteiger partial charge in [-0.1, -0.05) is 29.5 Å². The van der Waals surface area contributed by atoms with Crippen molar-refractivity contribution in [3.05, 3.63) is 42.7 Å². The first kappa shape index (κ1) is 14.5. The number of fused-ring (bicyclic) bond motifs is 1. The number of pyridine rings is 1. The first-order valence-electron chi connectivity index (χ1n) is 6.91. The second-order valence-electron chi connectivity index (χ2n) is 5.08. The maximum atomic E-state index is 13.6. The fourth-order valence-corrected chi connectivity index (χ4v) is 2.34. The third-order valence-corrected chi connectivity index (χ3v) is 3.35. The molecule has 7 heteroatoms. The van der Waals surface area contributed by atoms with E-state index in [1.54, 1.807) is 6.20 Å². The van der Waals surface area contributed by atoms with Gasteiger partial charge in [-0.15, -0.1) is 5.10 Å². The molecular weight excluding hydrogens is 288 g/mol. The number of halogens is 2. The Morgan fingerprint density at radius 1 is 1.18 bits per heavy atom. The lowest BCUT2D eigenvalue weighted by Gasteiger charge is -2.14. The van der Waals surface area contributed by atoms with Crippen LogP contribution < -0.4 is 5.73 Å². The zero-order valence-electron chi connectivity index (χ0n) is 11.8. The molecule has 0 atom stereocenters. The minimum absolute atomic E-state index is 0.0677. The van der Waals surface area contributed by atoms with Crippen molar-refractivity contribution >= 4 is 10.9 Å². The molecule has 3 aromatic rings. The summed E-state index contributed by atoms with van der Waals surface area (Å²) in [6, 6.07) is 9.44. The molecule has 0 saturated carbocycles. The summed E-state index contributed by atoms with van der Waals surface area (Å²) in [5.41, 5.74) is 7.25. The van der Waals surface area contributed by atoms with Crippen LogP contribution in [0, 0.1) is 0 Å². The van der Waals surface area contributed by atoms with Crippen LogP contribution in [0.2, 0.25) is 0 Å². The van der Waals surface area contributed by atoms with Gasteiger partial charge < -0.3 is 5.73 Å². The fourth-order valence-electron chi connectivity index (χ4n) is 2.34. The summed E-state index contributed by atoms with van der Waals surface area (Å²) in [6.07, 6.45) is 2.82. The second kappa shape index (κ2) is 5.76. The Labute approximate surface area is 125 Å². The Morgan fingerprint density at radius 3 is 2.82 bits per heavy atom. The standard InChI is InChI=1S/C15H15F2N5/c16-15(17,6-7-18)10-22-9-13(20-21-22)12-5-1-3-11-4-2-8-19-14(11)12/h1-5,8-9H,6-7,10,18H2. The number of hydrogen-bond acceptors (Lipinski definition) is 4. The first-order valence-corrected chi connectivity index (χ1v) is 6.91. The van der Waals surface area contributed by atoms with Crippen LogP contribution in [0.15, 0.2) is 42.7 Å². The molecule has 0 fully saturated rings. The molecule has 0 spiro atoms. The molecule has 1 aromatic carbocycles. The van der Waals surface area contributed by atoms with Crippen molar-refractivity contribution in [2.24, 2.45) is 5.73 Å². The molecule has 0 saturated heterocycles. The van der Waals surface area contributed by atoms with Crippen molar-refractivity contribution in [2.45, 2.75) is 18.9 Å². The molecule has 2 heterocycles. The number of aromatic nitrogens is 4. The van der Waals surface area contributed by atoms with Crippen LogP contribution >= 0.6 is 0 Å². The molecule has 5 nitrogen and oxygen atoms in total. The second-order valence-corrected chi connectivity index (χ2v) is 5.08. The van der Waals surface area contributed by atoms with Crippen LogP contribution in [0.25, 0.3) is 22.2 Å². The lowest BCUT2D eigenvalue weighted by molar-refractivity contribution is -0.0254. The largest absolute Gasteiger partial charge is 0.330 e. The summed E-state index contributed by atoms with van der Waals surface area (Å²) < 4.78 is 28.3. The fraction of sp³-hybridized carbons (Fsp3) is 0.267. The van der Waals surface area contributed by atoms with Crippen LogP contribution in [0.5, 0.6) is 0 Å². The molecule has 0 radical (unpaired) electrons. The Bertz CT molecular complexity index is 779. The summed E-state index contributed by atoms with van der Waals surface area (Å²) in [5, 5.41) is 8.74. The smallest absolute Gasteiger partial charge is 0.268 e. The van der Waals surface area contributed by atoms with Crippen LogP contribution in [0.3, 0.4) is 0 Å². The Morgan fingerprint density at radius 2 is 2.00 bits per heavy atom. The van der Waals surface area contributed by atoms with E-state index < -0.39 is 12.5 Å². The average molecular weight is 303 g/mol. The number of benzene rings is 1. The van der Waals surface area contributed by atoms with E-state index in [0.29, 0.717) is 5.69 Å². The molecular formula is C15H15F2N5. The molecule has 0 amide bonds. The first-order chi connectivity index (χ1) is 10.6. The van der Waals surface area contributed by atoms with E-state index in [-0.39, 0.29) is 13.0 Å². The van der Waals surface area contributed by atoms with Crippen molar-refractivity contribution < 1.29 is 8.78 Å². The predicted octanol–water partition coefficient (Wildman–Crippen LogP) is 2.48. The highest BCUT2D eigenvalue weighted by molar-refractivity contribution is 5.92. The monoisotopic (exact) mass is 303 g/mol. The summed E-state index contributed by atoms with van der Waals surface area (Å²) in [4.78, 5) is 4.33. The van der Waals surface area contributed by atoms with E-state index in [2.05, 4.69) is 15.3 Å². The Balaban J connectivity index is 1.93. The van der Waals surface area contributed by atoms with E-state index in [9.17, 15) is 8.78 Å². The van der Waals surface area contributed by atoms with Crippen molar-refractivity contribution in [2.75, 3.05) is 6.54 Å². The molecule has 0 unspecified atom stereocenters. The molecule has 2 aromatic heterocycles. The number of alkyl halides is 2. The molecule has 22 heavy (non-hydrogen) atoms. The molecule has 3 rings (SSSR count). The van der Waals surface area contributed by atoms with Crippen LogP contribution in [0.4, 0.5) is 8.78 Å². The van der Waals surface area contributed by atoms with Crippen molar-refractivity contribution in [3.63, 3.8) is 0 Å². The van der Waals surface area contributed by atoms with Gasteiger partial charge in [-0.2, -0.15) is 0 Å². The van der Waals surface area contributed by atoms with E-state index in [4.69, 9.17) is 5.73 Å². The van der Waals surface area contributed by atoms with Gasteiger partial charge in [-0.3, -0.25) is 4.98 Å². The van der Waals surface area contributed by atoms with Gasteiger partial charge in [0.25, 0.3) is 5.92 Å². The summed E-state index contributed by atoms with van der Waals surface area (Å²) in [5.74, 6) is -2.89. The number of nitrogens with two attached hydrogens (primary N) is 1. The third-order valence-electron chi connectivity index (χ3n) is 3.35. The Kier molecular flexibility index (Phi) is 3.81. The van der Waals surface area contributed by atoms with Crippen LogP contribution in [-0.4, -0.2) is 32.4 Å². The quantitative estimate of drug-likeness (QED) is 0.786. The van der Waals surface area contributed by atoms with Gasteiger partial charge in [0.05, 0.1) is 11.7 Å². The summed E-state index contributed by atoms with van der Waals surface area (Å²) in [7, 11) is 0. The minimum Gasteiger partial charge on any atom is -0.330 e. The van der Waals surface area contributed by atoms with Crippen LogP contribution in [0.1, 0.15) is 6.42 Å². The number of hydrogen-bond donors (Lipinski definition) is 1. The molecule has 0 bridgehead atoms. The van der Waals surface area contributed by atoms with E-state index in [1.807, 2.05) is 30.3 Å². The third kappa shape index (κ3) is 2.94. The van der Waals surface area contributed by atoms with Crippen molar-refractivity contribution in [1.29, 1.82) is 0 Å². The van der Waals surface area contributed by atoms with Gasteiger partial charge in [-0.05, 0) is 12.6 Å². The highest BCUT2D eigenvalue weighted by Crippen LogP contribution is 2.26. The topological polar surface area (TPSA) is 69.6 Å². The lowest BCUT2D eigenvalue weighted by Crippen LogP contribution is -2.27. The molecule has 0 aliphatic heterocycles. The van der Waals surface area contributed by atoms with Crippen molar-refractivity contribution in [3.8, 4) is 11.3 Å². The molecule has 0 aliphatic rings. The predicted molar refractivity (Wildman–Crippen MR) is 79.4 cm³/mol. The van der Waals surface area contributed by atoms with Crippen molar-refractivity contribution in [1.82, 2.24) is 20.0 Å². The van der Waals surface area contributed by atoms with Gasteiger partial charge in [0.15, 0.2) is 0 Å². The zero-order chi connectivity index (χ0) is 15.6. The highest BCUT2D eigenvalue weighted by atomic mass is 19.3. The summed E-state index contributed by atoms with van der Waals surface area (Å²) >= 11 is 0. The zero-order valence-corrected chi connectivity index (χ0v) is 11.8. The maximum absolute atomic E-state index is 13.6. The normalized spacial score (nSPS) is 12.0. The van der Waals surface area contributed by atoms with E-state index >= 15 is 0 Å². The van der Waals surface area contributed by atoms with Crippen LogP contribution in [-0.2, 0) is 6.54 Å². The maximum Gasteiger partial charge on any atom is 0.268 e. The number of nitrogens with zero attached hydrogens (tertiary/aromatic N) is 4. The SMILES string of the molecule is NCCC(F)(F)Cn1cc(-c2cccc3cccnc23)nn1. The Hall–Kier alpha value is -2.41. The van der Waals surface area contributed by atoms with Gasteiger partial charge >= 0.3 is 0 Å². The summed E-state index contributed by atoms with van der Waals surface area (Å²) in [6.45, 7) is -0.600. The molecule has 0 aliphatic carbocycles. The highest BCUT2D eigenvalue weighted by Gasteiger charge is 2.29. The van der Waals surface area contributed by atoms with Gasteiger partial charge in [0.2, 0.25) is 0 Å². The van der Waals surface area contributed by atoms with Gasteiger partial charge in [-0.25, -0.2) is 13.5 Å². The number of para-hydroxylation sites is 1. The lowest BCUT2D eigenvalue weighted by atomic mass is 10.1. The molecule has 2 N–H and O–H groups in total. The average Bonchev–Trinajstić information content (AvgIpc) is 2.94. The minimum atomic E-state index is -2.89. The number of rotatable bonds is 5. The van der Waals surface area contributed by atoms with E-state index in [0.717, 1.165) is 21.1 Å². The molecule has 114 valence electrons. The van der Waals surface area contributed by atoms with Gasteiger partial charge in [0.1, 0.15) is 12.2 Å².